The lowest BCUT2D eigenvalue weighted by molar-refractivity contribution is -0.274. The summed E-state index contributed by atoms with van der Waals surface area (Å²) >= 11 is 3.11. The van der Waals surface area contributed by atoms with Crippen LogP contribution in [0.25, 0.3) is 11.1 Å². The first-order valence-corrected chi connectivity index (χ1v) is 11.2. The molecular formula is C26H19BrF3NO3. The molecule has 1 amide bonds. The molecule has 34 heavy (non-hydrogen) atoms. The molecule has 4 rings (SSSR count). The van der Waals surface area contributed by atoms with E-state index in [1.54, 1.807) is 6.07 Å². The van der Waals surface area contributed by atoms with Crippen molar-refractivity contribution in [2.45, 2.75) is 18.7 Å². The van der Waals surface area contributed by atoms with Crippen LogP contribution in [-0.2, 0) is 4.74 Å². The van der Waals surface area contributed by atoms with E-state index < -0.39 is 12.5 Å². The highest BCUT2D eigenvalue weighted by Crippen LogP contribution is 2.44. The molecule has 0 aliphatic heterocycles. The smallest absolute Gasteiger partial charge is 0.449 e. The average Bonchev–Trinajstić information content (AvgIpc) is 3.11. The summed E-state index contributed by atoms with van der Waals surface area (Å²) in [6.07, 6.45) is -5.16. The fourth-order valence-electron chi connectivity index (χ4n) is 3.84. The number of rotatable bonds is 5. The molecule has 0 saturated heterocycles. The molecule has 174 valence electrons. The number of hydrogen-bond donors (Lipinski definition) is 1. The molecule has 0 saturated carbocycles. The summed E-state index contributed by atoms with van der Waals surface area (Å²) in [6, 6.07) is 20.3. The van der Waals surface area contributed by atoms with Crippen molar-refractivity contribution in [2.75, 3.05) is 13.2 Å². The topological polar surface area (TPSA) is 47.6 Å². The summed E-state index contributed by atoms with van der Waals surface area (Å²) in [5, 5.41) is 2.62. The molecule has 0 unspecified atom stereocenters. The van der Waals surface area contributed by atoms with Gasteiger partial charge in [0.1, 0.15) is 12.4 Å². The molecule has 0 atom stereocenters. The fraction of sp³-hybridized carbons (Fsp3) is 0.192. The first kappa shape index (κ1) is 23.7. The molecule has 3 aromatic rings. The van der Waals surface area contributed by atoms with Crippen LogP contribution in [0.5, 0.6) is 5.75 Å². The number of ether oxygens (including phenoxy) is 2. The largest absolute Gasteiger partial charge is 0.573 e. The molecule has 0 radical (unpaired) electrons. The minimum Gasteiger partial charge on any atom is -0.449 e. The van der Waals surface area contributed by atoms with Crippen molar-refractivity contribution in [3.63, 3.8) is 0 Å². The Morgan fingerprint density at radius 1 is 1.00 bits per heavy atom. The van der Waals surface area contributed by atoms with Crippen LogP contribution in [0.3, 0.4) is 0 Å². The van der Waals surface area contributed by atoms with Gasteiger partial charge in [0.05, 0.1) is 5.56 Å². The summed E-state index contributed by atoms with van der Waals surface area (Å²) in [5.74, 6) is 4.96. The van der Waals surface area contributed by atoms with E-state index in [-0.39, 0.29) is 36.8 Å². The van der Waals surface area contributed by atoms with Crippen molar-refractivity contribution in [1.29, 1.82) is 0 Å². The SMILES string of the molecule is O=C(NCCC#Cc1ccc(Br)cc1OC(F)(F)F)OCC1c2ccccc2-c2ccccc21. The minimum atomic E-state index is -4.82. The molecule has 0 spiro atoms. The zero-order valence-corrected chi connectivity index (χ0v) is 19.4. The van der Waals surface area contributed by atoms with Crippen molar-refractivity contribution in [3.05, 3.63) is 87.9 Å². The highest BCUT2D eigenvalue weighted by Gasteiger charge is 2.32. The van der Waals surface area contributed by atoms with Gasteiger partial charge in [0.15, 0.2) is 0 Å². The highest BCUT2D eigenvalue weighted by molar-refractivity contribution is 9.10. The van der Waals surface area contributed by atoms with Gasteiger partial charge in [0, 0.05) is 23.4 Å². The van der Waals surface area contributed by atoms with Crippen LogP contribution in [-0.4, -0.2) is 25.6 Å². The first-order chi connectivity index (χ1) is 16.3. The standard InChI is InChI=1S/C26H19BrF3NO3/c27-18-13-12-17(24(15-18)34-26(28,29)30)7-5-6-14-31-25(32)33-16-23-21-10-3-1-8-19(21)20-9-2-4-11-22(20)23/h1-4,8-13,15,23H,6,14,16H2,(H,31,32). The van der Waals surface area contributed by atoms with Crippen LogP contribution in [0.4, 0.5) is 18.0 Å². The van der Waals surface area contributed by atoms with Gasteiger partial charge >= 0.3 is 12.5 Å². The quantitative estimate of drug-likeness (QED) is 0.298. The number of fused-ring (bicyclic) bond motifs is 3. The van der Waals surface area contributed by atoms with Crippen LogP contribution >= 0.6 is 15.9 Å². The van der Waals surface area contributed by atoms with E-state index in [0.29, 0.717) is 4.47 Å². The summed E-state index contributed by atoms with van der Waals surface area (Å²) in [6.45, 7) is 0.387. The monoisotopic (exact) mass is 529 g/mol. The number of benzene rings is 3. The van der Waals surface area contributed by atoms with Gasteiger partial charge in [-0.25, -0.2) is 4.79 Å². The molecule has 3 aromatic carbocycles. The molecule has 0 fully saturated rings. The summed E-state index contributed by atoms with van der Waals surface area (Å²) in [7, 11) is 0. The number of amides is 1. The van der Waals surface area contributed by atoms with Crippen LogP contribution in [0.1, 0.15) is 29.0 Å². The first-order valence-electron chi connectivity index (χ1n) is 10.4. The van der Waals surface area contributed by atoms with Crippen molar-refractivity contribution in [2.24, 2.45) is 0 Å². The Hall–Kier alpha value is -3.44. The Balaban J connectivity index is 1.30. The lowest BCUT2D eigenvalue weighted by atomic mass is 9.98. The predicted molar refractivity (Wildman–Crippen MR) is 125 cm³/mol. The van der Waals surface area contributed by atoms with Crippen molar-refractivity contribution < 1.29 is 27.4 Å². The molecular weight excluding hydrogens is 511 g/mol. The Bertz CT molecular complexity index is 1220. The number of nitrogens with one attached hydrogen (secondary N) is 1. The second kappa shape index (κ2) is 10.2. The molecule has 1 N–H and O–H groups in total. The van der Waals surface area contributed by atoms with Crippen LogP contribution in [0, 0.1) is 11.8 Å². The number of alkyl halides is 3. The average molecular weight is 530 g/mol. The second-order valence-corrected chi connectivity index (χ2v) is 8.41. The molecule has 1 aliphatic carbocycles. The summed E-state index contributed by atoms with van der Waals surface area (Å²) in [5.41, 5.74) is 4.62. The third-order valence-electron chi connectivity index (χ3n) is 5.26. The molecule has 8 heteroatoms. The molecule has 1 aliphatic rings. The molecule has 0 heterocycles. The van der Waals surface area contributed by atoms with Gasteiger partial charge in [0.2, 0.25) is 0 Å². The van der Waals surface area contributed by atoms with Gasteiger partial charge in [-0.15, -0.1) is 13.2 Å². The van der Waals surface area contributed by atoms with Gasteiger partial charge in [-0.3, -0.25) is 0 Å². The second-order valence-electron chi connectivity index (χ2n) is 7.49. The lowest BCUT2D eigenvalue weighted by Gasteiger charge is -2.14. The van der Waals surface area contributed by atoms with Crippen molar-refractivity contribution in [3.8, 4) is 28.7 Å². The number of carbonyl (C=O) groups excluding carboxylic acids is 1. The third kappa shape index (κ3) is 5.72. The maximum Gasteiger partial charge on any atom is 0.573 e. The lowest BCUT2D eigenvalue weighted by Crippen LogP contribution is -2.26. The van der Waals surface area contributed by atoms with Crippen molar-refractivity contribution in [1.82, 2.24) is 5.32 Å². The van der Waals surface area contributed by atoms with Gasteiger partial charge in [-0.2, -0.15) is 0 Å². The van der Waals surface area contributed by atoms with E-state index in [4.69, 9.17) is 4.74 Å². The number of hydrogen-bond acceptors (Lipinski definition) is 3. The van der Waals surface area contributed by atoms with Crippen LogP contribution < -0.4 is 10.1 Å². The van der Waals surface area contributed by atoms with Gasteiger partial charge in [-0.05, 0) is 40.5 Å². The Labute approximate surface area is 203 Å². The maximum absolute atomic E-state index is 12.6. The molecule has 4 nitrogen and oxygen atoms in total. The molecule has 0 aromatic heterocycles. The van der Waals surface area contributed by atoms with E-state index in [0.717, 1.165) is 22.3 Å². The number of halogens is 4. The number of alkyl carbamates (subject to hydrolysis) is 1. The zero-order valence-electron chi connectivity index (χ0n) is 17.8. The van der Waals surface area contributed by atoms with Gasteiger partial charge in [0.25, 0.3) is 0 Å². The van der Waals surface area contributed by atoms with Crippen LogP contribution in [0.2, 0.25) is 0 Å². The predicted octanol–water partition coefficient (Wildman–Crippen LogP) is 6.63. The fourth-order valence-corrected chi connectivity index (χ4v) is 4.18. The van der Waals surface area contributed by atoms with Gasteiger partial charge < -0.3 is 14.8 Å². The summed E-state index contributed by atoms with van der Waals surface area (Å²) < 4.78 is 47.7. The Morgan fingerprint density at radius 2 is 1.65 bits per heavy atom. The normalized spacial score (nSPS) is 12.2. The van der Waals surface area contributed by atoms with E-state index in [1.807, 2.05) is 36.4 Å². The minimum absolute atomic E-state index is 0.0394. The van der Waals surface area contributed by atoms with Crippen molar-refractivity contribution >= 4 is 22.0 Å². The van der Waals surface area contributed by atoms with Crippen LogP contribution in [0.15, 0.2) is 71.2 Å². The highest BCUT2D eigenvalue weighted by atomic mass is 79.9. The van der Waals surface area contributed by atoms with E-state index in [9.17, 15) is 18.0 Å². The van der Waals surface area contributed by atoms with Gasteiger partial charge in [-0.1, -0.05) is 76.3 Å². The van der Waals surface area contributed by atoms with E-state index >= 15 is 0 Å². The summed E-state index contributed by atoms with van der Waals surface area (Å²) in [4.78, 5) is 12.2. The zero-order chi connectivity index (χ0) is 24.1. The number of carbonyl (C=O) groups is 1. The maximum atomic E-state index is 12.6. The molecule has 0 bridgehead atoms. The third-order valence-corrected chi connectivity index (χ3v) is 5.75. The Kier molecular flexibility index (Phi) is 7.13. The van der Waals surface area contributed by atoms with E-state index in [2.05, 4.69) is 50.0 Å². The van der Waals surface area contributed by atoms with E-state index in [1.165, 1.54) is 12.1 Å². The Morgan fingerprint density at radius 3 is 2.29 bits per heavy atom.